The molecule has 90 valence electrons. The molecule has 0 unspecified atom stereocenters. The van der Waals surface area contributed by atoms with E-state index in [1.807, 2.05) is 16.9 Å². The topological polar surface area (TPSA) is 59.0 Å². The number of rotatable bonds is 5. The second-order valence-corrected chi connectivity index (χ2v) is 3.77. The van der Waals surface area contributed by atoms with E-state index in [1.54, 1.807) is 6.20 Å². The van der Waals surface area contributed by atoms with Gasteiger partial charge in [-0.3, -0.25) is 9.48 Å². The van der Waals surface area contributed by atoms with Gasteiger partial charge >= 0.3 is 0 Å². The molecule has 0 saturated carbocycles. The minimum Gasteiger partial charge on any atom is -0.356 e. The maximum atomic E-state index is 11.4. The van der Waals surface area contributed by atoms with E-state index >= 15 is 0 Å². The van der Waals surface area contributed by atoms with E-state index in [-0.39, 0.29) is 24.2 Å². The predicted octanol–water partition coefficient (Wildman–Crippen LogP) is 0.0306. The molecule has 5 nitrogen and oxygen atoms in total. The molecular weight excluding hydrogens is 228 g/mol. The fraction of sp³-hybridized carbons (Fsp3) is 0.600. The summed E-state index contributed by atoms with van der Waals surface area (Å²) in [4.78, 5) is 11.4. The van der Waals surface area contributed by atoms with Crippen molar-refractivity contribution >= 4 is 18.3 Å². The lowest BCUT2D eigenvalue weighted by Gasteiger charge is -2.25. The quantitative estimate of drug-likeness (QED) is 0.719. The summed E-state index contributed by atoms with van der Waals surface area (Å²) in [6, 6.07) is 1.90. The van der Waals surface area contributed by atoms with E-state index in [9.17, 15) is 4.79 Å². The molecule has 0 aliphatic carbocycles. The number of amides is 1. The smallest absolute Gasteiger partial charge is 0.225 e. The first kappa shape index (κ1) is 13.0. The molecule has 1 aromatic rings. The molecule has 1 aliphatic heterocycles. The van der Waals surface area contributed by atoms with Crippen molar-refractivity contribution in [3.63, 3.8) is 0 Å². The molecule has 6 heteroatoms. The third-order valence-electron chi connectivity index (χ3n) is 2.57. The summed E-state index contributed by atoms with van der Waals surface area (Å²) in [5.41, 5.74) is 0. The standard InChI is InChI=1S/C10H16N4O.ClH/c15-10(9-7-11-8-9)12-3-1-5-14-6-2-4-13-14;/h2,4,6,9,11H,1,3,5,7-8H2,(H,12,15);1H. The van der Waals surface area contributed by atoms with Gasteiger partial charge in [-0.1, -0.05) is 0 Å². The van der Waals surface area contributed by atoms with E-state index < -0.39 is 0 Å². The Morgan fingerprint density at radius 3 is 2.94 bits per heavy atom. The van der Waals surface area contributed by atoms with Crippen LogP contribution >= 0.6 is 12.4 Å². The van der Waals surface area contributed by atoms with Crippen LogP contribution in [0, 0.1) is 5.92 Å². The van der Waals surface area contributed by atoms with Crippen molar-refractivity contribution in [2.24, 2.45) is 5.92 Å². The van der Waals surface area contributed by atoms with Crippen LogP contribution in [-0.2, 0) is 11.3 Å². The average molecular weight is 245 g/mol. The highest BCUT2D eigenvalue weighted by atomic mass is 35.5. The van der Waals surface area contributed by atoms with E-state index in [1.165, 1.54) is 0 Å². The van der Waals surface area contributed by atoms with Crippen molar-refractivity contribution in [3.8, 4) is 0 Å². The summed E-state index contributed by atoms with van der Waals surface area (Å²) in [6.07, 6.45) is 4.61. The summed E-state index contributed by atoms with van der Waals surface area (Å²) in [5.74, 6) is 0.365. The van der Waals surface area contributed by atoms with Crippen LogP contribution in [0.5, 0.6) is 0 Å². The van der Waals surface area contributed by atoms with Gasteiger partial charge in [0.25, 0.3) is 0 Å². The third kappa shape index (κ3) is 3.50. The second kappa shape index (κ2) is 6.50. The number of nitrogens with one attached hydrogen (secondary N) is 2. The number of halogens is 1. The molecule has 0 atom stereocenters. The zero-order valence-electron chi connectivity index (χ0n) is 9.06. The first-order chi connectivity index (χ1) is 7.36. The van der Waals surface area contributed by atoms with Crippen molar-refractivity contribution in [1.82, 2.24) is 20.4 Å². The maximum Gasteiger partial charge on any atom is 0.225 e. The second-order valence-electron chi connectivity index (χ2n) is 3.77. The van der Waals surface area contributed by atoms with Gasteiger partial charge in [0, 0.05) is 38.6 Å². The van der Waals surface area contributed by atoms with Gasteiger partial charge in [0.1, 0.15) is 0 Å². The number of aryl methyl sites for hydroxylation is 1. The molecule has 0 spiro atoms. The molecule has 1 amide bonds. The summed E-state index contributed by atoms with van der Waals surface area (Å²) < 4.78 is 1.87. The molecule has 0 bridgehead atoms. The predicted molar refractivity (Wildman–Crippen MR) is 63.5 cm³/mol. The van der Waals surface area contributed by atoms with Gasteiger partial charge in [0.05, 0.1) is 5.92 Å². The lowest BCUT2D eigenvalue weighted by Crippen LogP contribution is -2.50. The number of nitrogens with zero attached hydrogens (tertiary/aromatic N) is 2. The number of carbonyl (C=O) groups is 1. The largest absolute Gasteiger partial charge is 0.356 e. The Kier molecular flexibility index (Phi) is 5.28. The monoisotopic (exact) mass is 244 g/mol. The van der Waals surface area contributed by atoms with Crippen LogP contribution in [0.3, 0.4) is 0 Å². The van der Waals surface area contributed by atoms with Gasteiger partial charge in [0.15, 0.2) is 0 Å². The van der Waals surface area contributed by atoms with E-state index in [0.717, 1.165) is 32.6 Å². The lowest BCUT2D eigenvalue weighted by molar-refractivity contribution is -0.126. The van der Waals surface area contributed by atoms with Crippen LogP contribution < -0.4 is 10.6 Å². The number of hydrogen-bond donors (Lipinski definition) is 2. The lowest BCUT2D eigenvalue weighted by atomic mass is 10.0. The minimum absolute atomic E-state index is 0. The highest BCUT2D eigenvalue weighted by Crippen LogP contribution is 2.01. The molecule has 2 heterocycles. The maximum absolute atomic E-state index is 11.4. The Morgan fingerprint density at radius 1 is 1.56 bits per heavy atom. The summed E-state index contributed by atoms with van der Waals surface area (Å²) in [7, 11) is 0. The Hall–Kier alpha value is -1.07. The van der Waals surface area contributed by atoms with Crippen molar-refractivity contribution < 1.29 is 4.79 Å². The molecule has 1 saturated heterocycles. The minimum atomic E-state index is 0. The molecule has 0 aromatic carbocycles. The van der Waals surface area contributed by atoms with Gasteiger partial charge < -0.3 is 10.6 Å². The Morgan fingerprint density at radius 2 is 2.38 bits per heavy atom. The first-order valence-corrected chi connectivity index (χ1v) is 5.32. The highest BCUT2D eigenvalue weighted by Gasteiger charge is 2.23. The molecule has 16 heavy (non-hydrogen) atoms. The molecule has 1 aromatic heterocycles. The zero-order chi connectivity index (χ0) is 10.5. The van der Waals surface area contributed by atoms with Crippen LogP contribution in [-0.4, -0.2) is 35.3 Å². The van der Waals surface area contributed by atoms with Gasteiger partial charge in [-0.2, -0.15) is 5.10 Å². The van der Waals surface area contributed by atoms with Gasteiger partial charge in [-0.25, -0.2) is 0 Å². The molecule has 0 radical (unpaired) electrons. The van der Waals surface area contributed by atoms with Crippen LogP contribution in [0.2, 0.25) is 0 Å². The Bertz CT molecular complexity index is 311. The molecule has 1 aliphatic rings. The molecule has 1 fully saturated rings. The van der Waals surface area contributed by atoms with Gasteiger partial charge in [0.2, 0.25) is 5.91 Å². The zero-order valence-corrected chi connectivity index (χ0v) is 9.87. The van der Waals surface area contributed by atoms with Crippen molar-refractivity contribution in [1.29, 1.82) is 0 Å². The molecular formula is C10H17ClN4O. The van der Waals surface area contributed by atoms with E-state index in [0.29, 0.717) is 0 Å². The number of hydrogen-bond acceptors (Lipinski definition) is 3. The van der Waals surface area contributed by atoms with Crippen LogP contribution in [0.15, 0.2) is 18.5 Å². The summed E-state index contributed by atoms with van der Waals surface area (Å²) in [6.45, 7) is 3.24. The van der Waals surface area contributed by atoms with Crippen molar-refractivity contribution in [2.45, 2.75) is 13.0 Å². The summed E-state index contributed by atoms with van der Waals surface area (Å²) in [5, 5.41) is 10.1. The Labute approximate surface area is 101 Å². The fourth-order valence-corrected chi connectivity index (χ4v) is 1.50. The van der Waals surface area contributed by atoms with Crippen LogP contribution in [0.1, 0.15) is 6.42 Å². The normalized spacial score (nSPS) is 15.0. The van der Waals surface area contributed by atoms with E-state index in [2.05, 4.69) is 15.7 Å². The average Bonchev–Trinajstić information content (AvgIpc) is 2.62. The van der Waals surface area contributed by atoms with Gasteiger partial charge in [-0.05, 0) is 12.5 Å². The van der Waals surface area contributed by atoms with Crippen LogP contribution in [0.25, 0.3) is 0 Å². The number of aromatic nitrogens is 2. The molecule has 2 N–H and O–H groups in total. The Balaban J connectivity index is 0.00000128. The van der Waals surface area contributed by atoms with Crippen molar-refractivity contribution in [3.05, 3.63) is 18.5 Å². The first-order valence-electron chi connectivity index (χ1n) is 5.32. The van der Waals surface area contributed by atoms with E-state index in [4.69, 9.17) is 0 Å². The number of carbonyl (C=O) groups excluding carboxylic acids is 1. The highest BCUT2D eigenvalue weighted by molar-refractivity contribution is 5.85. The van der Waals surface area contributed by atoms with Crippen molar-refractivity contribution in [2.75, 3.05) is 19.6 Å². The summed E-state index contributed by atoms with van der Waals surface area (Å²) >= 11 is 0. The fourth-order valence-electron chi connectivity index (χ4n) is 1.50. The van der Waals surface area contributed by atoms with Crippen LogP contribution in [0.4, 0.5) is 0 Å². The third-order valence-corrected chi connectivity index (χ3v) is 2.57. The van der Waals surface area contributed by atoms with Gasteiger partial charge in [-0.15, -0.1) is 12.4 Å². The molecule has 2 rings (SSSR count). The SMILES string of the molecule is Cl.O=C(NCCCn1cccn1)C1CNC1.